The molecule has 1 amide bonds. The van der Waals surface area contributed by atoms with Gasteiger partial charge in [-0.1, -0.05) is 13.8 Å². The first-order chi connectivity index (χ1) is 11.6. The van der Waals surface area contributed by atoms with E-state index in [0.29, 0.717) is 19.1 Å². The van der Waals surface area contributed by atoms with Gasteiger partial charge in [0.2, 0.25) is 5.91 Å². The summed E-state index contributed by atoms with van der Waals surface area (Å²) in [5.41, 5.74) is 0. The molecular formula is C19H35N3O2. The summed E-state index contributed by atoms with van der Waals surface area (Å²) in [4.78, 5) is 19.9. The van der Waals surface area contributed by atoms with E-state index in [2.05, 4.69) is 23.6 Å². The van der Waals surface area contributed by atoms with Gasteiger partial charge in [0.15, 0.2) is 0 Å². The summed E-state index contributed by atoms with van der Waals surface area (Å²) in [6.45, 7) is 13.5. The maximum Gasteiger partial charge on any atom is 0.225 e. The topological polar surface area (TPSA) is 36.0 Å². The van der Waals surface area contributed by atoms with Gasteiger partial charge in [-0.25, -0.2) is 0 Å². The summed E-state index contributed by atoms with van der Waals surface area (Å²) < 4.78 is 5.36. The van der Waals surface area contributed by atoms with Crippen LogP contribution in [0.15, 0.2) is 0 Å². The molecule has 0 aromatic heterocycles. The molecular weight excluding hydrogens is 302 g/mol. The van der Waals surface area contributed by atoms with Crippen molar-refractivity contribution >= 4 is 5.91 Å². The number of hydrogen-bond acceptors (Lipinski definition) is 4. The molecule has 0 atom stereocenters. The number of likely N-dealkylation sites (tertiary alicyclic amines) is 2. The smallest absolute Gasteiger partial charge is 0.225 e. The van der Waals surface area contributed by atoms with Crippen LogP contribution < -0.4 is 0 Å². The van der Waals surface area contributed by atoms with Crippen LogP contribution in [0.4, 0.5) is 0 Å². The molecule has 3 rings (SSSR count). The zero-order valence-corrected chi connectivity index (χ0v) is 15.6. The lowest BCUT2D eigenvalue weighted by molar-refractivity contribution is -0.141. The van der Waals surface area contributed by atoms with Crippen LogP contribution in [0.2, 0.25) is 0 Å². The van der Waals surface area contributed by atoms with Crippen LogP contribution >= 0.6 is 0 Å². The molecule has 24 heavy (non-hydrogen) atoms. The van der Waals surface area contributed by atoms with Gasteiger partial charge in [0.1, 0.15) is 0 Å². The van der Waals surface area contributed by atoms with Gasteiger partial charge in [-0.05, 0) is 57.8 Å². The van der Waals surface area contributed by atoms with Crippen LogP contribution in [0, 0.1) is 11.8 Å². The number of morpholine rings is 1. The lowest BCUT2D eigenvalue weighted by Crippen LogP contribution is -2.51. The molecule has 138 valence electrons. The second kappa shape index (κ2) is 8.63. The fourth-order valence-electron chi connectivity index (χ4n) is 4.54. The fraction of sp³-hybridized carbons (Fsp3) is 0.947. The number of piperidine rings is 2. The highest BCUT2D eigenvalue weighted by molar-refractivity contribution is 5.79. The molecule has 5 heteroatoms. The summed E-state index contributed by atoms with van der Waals surface area (Å²) in [5, 5.41) is 0. The number of nitrogens with zero attached hydrogens (tertiary/aromatic N) is 3. The Labute approximate surface area is 147 Å². The van der Waals surface area contributed by atoms with Crippen molar-refractivity contribution in [3.63, 3.8) is 0 Å². The number of ether oxygens (including phenoxy) is 1. The Morgan fingerprint density at radius 1 is 0.958 bits per heavy atom. The average molecular weight is 338 g/mol. The quantitative estimate of drug-likeness (QED) is 0.782. The van der Waals surface area contributed by atoms with Gasteiger partial charge in [0, 0.05) is 31.6 Å². The molecule has 0 radical (unpaired) electrons. The number of rotatable bonds is 4. The fourth-order valence-corrected chi connectivity index (χ4v) is 4.54. The number of carbonyl (C=O) groups excluding carboxylic acids is 1. The van der Waals surface area contributed by atoms with Crippen molar-refractivity contribution in [2.45, 2.75) is 45.6 Å². The van der Waals surface area contributed by atoms with Crippen molar-refractivity contribution in [2.75, 3.05) is 59.0 Å². The van der Waals surface area contributed by atoms with Gasteiger partial charge < -0.3 is 19.4 Å². The molecule has 0 N–H and O–H groups in total. The molecule has 5 nitrogen and oxygen atoms in total. The molecule has 0 saturated carbocycles. The predicted octanol–water partition coefficient (Wildman–Crippen LogP) is 1.68. The van der Waals surface area contributed by atoms with E-state index >= 15 is 0 Å². The normalized spacial score (nSPS) is 26.2. The van der Waals surface area contributed by atoms with E-state index in [1.54, 1.807) is 0 Å². The molecule has 0 bridgehead atoms. The molecule has 0 aromatic rings. The molecule has 0 aromatic carbocycles. The second-order valence-electron chi connectivity index (χ2n) is 8.17. The first kappa shape index (κ1) is 18.2. The van der Waals surface area contributed by atoms with Crippen LogP contribution in [-0.4, -0.2) is 85.7 Å². The Kier molecular flexibility index (Phi) is 6.53. The third kappa shape index (κ3) is 4.70. The SMILES string of the molecule is CC(C)CN1CCC(N2CCC(C(=O)N3CCOCC3)CC2)CC1. The Bertz CT molecular complexity index is 393. The number of carbonyl (C=O) groups is 1. The largest absolute Gasteiger partial charge is 0.378 e. The minimum Gasteiger partial charge on any atom is -0.378 e. The molecule has 3 aliphatic rings. The van der Waals surface area contributed by atoms with E-state index in [9.17, 15) is 4.79 Å². The van der Waals surface area contributed by atoms with E-state index in [-0.39, 0.29) is 5.92 Å². The third-order valence-corrected chi connectivity index (χ3v) is 5.90. The maximum atomic E-state index is 12.6. The van der Waals surface area contributed by atoms with Crippen LogP contribution in [0.3, 0.4) is 0 Å². The molecule has 3 aliphatic heterocycles. The molecule has 0 spiro atoms. The minimum atomic E-state index is 0.250. The monoisotopic (exact) mass is 337 g/mol. The zero-order valence-electron chi connectivity index (χ0n) is 15.6. The highest BCUT2D eigenvalue weighted by Gasteiger charge is 2.32. The predicted molar refractivity (Wildman–Crippen MR) is 96.0 cm³/mol. The maximum absolute atomic E-state index is 12.6. The first-order valence-corrected chi connectivity index (χ1v) is 9.96. The number of amides is 1. The Morgan fingerprint density at radius 2 is 1.58 bits per heavy atom. The van der Waals surface area contributed by atoms with E-state index in [1.165, 1.54) is 32.5 Å². The molecule has 3 heterocycles. The Balaban J connectivity index is 1.40. The highest BCUT2D eigenvalue weighted by atomic mass is 16.5. The van der Waals surface area contributed by atoms with Crippen molar-refractivity contribution in [3.8, 4) is 0 Å². The highest BCUT2D eigenvalue weighted by Crippen LogP contribution is 2.25. The van der Waals surface area contributed by atoms with Crippen molar-refractivity contribution in [3.05, 3.63) is 0 Å². The first-order valence-electron chi connectivity index (χ1n) is 9.96. The Hall–Kier alpha value is -0.650. The molecule has 0 unspecified atom stereocenters. The van der Waals surface area contributed by atoms with Crippen LogP contribution in [0.5, 0.6) is 0 Å². The second-order valence-corrected chi connectivity index (χ2v) is 8.17. The third-order valence-electron chi connectivity index (χ3n) is 5.90. The van der Waals surface area contributed by atoms with Gasteiger partial charge in [0.05, 0.1) is 13.2 Å². The van der Waals surface area contributed by atoms with Crippen molar-refractivity contribution in [1.82, 2.24) is 14.7 Å². The van der Waals surface area contributed by atoms with Crippen molar-refractivity contribution in [2.24, 2.45) is 11.8 Å². The molecule has 3 fully saturated rings. The van der Waals surface area contributed by atoms with Crippen LogP contribution in [0.1, 0.15) is 39.5 Å². The lowest BCUT2D eigenvalue weighted by atomic mass is 9.92. The standard InChI is InChI=1S/C19H35N3O2/c1-16(2)15-20-7-5-18(6-8-20)21-9-3-17(4-10-21)19(23)22-11-13-24-14-12-22/h16-18H,3-15H2,1-2H3. The van der Waals surface area contributed by atoms with E-state index < -0.39 is 0 Å². The van der Waals surface area contributed by atoms with Gasteiger partial charge in [-0.3, -0.25) is 4.79 Å². The summed E-state index contributed by atoms with van der Waals surface area (Å²) >= 11 is 0. The summed E-state index contributed by atoms with van der Waals surface area (Å²) in [7, 11) is 0. The van der Waals surface area contributed by atoms with Gasteiger partial charge in [-0.15, -0.1) is 0 Å². The minimum absolute atomic E-state index is 0.250. The average Bonchev–Trinajstić information content (AvgIpc) is 2.62. The van der Waals surface area contributed by atoms with Crippen LogP contribution in [0.25, 0.3) is 0 Å². The van der Waals surface area contributed by atoms with E-state index in [0.717, 1.165) is 51.0 Å². The van der Waals surface area contributed by atoms with Crippen molar-refractivity contribution in [1.29, 1.82) is 0 Å². The Morgan fingerprint density at radius 3 is 2.17 bits per heavy atom. The molecule has 0 aliphatic carbocycles. The zero-order chi connectivity index (χ0) is 16.9. The van der Waals surface area contributed by atoms with Gasteiger partial charge >= 0.3 is 0 Å². The molecule has 3 saturated heterocycles. The summed E-state index contributed by atoms with van der Waals surface area (Å²) in [6, 6.07) is 0.743. The van der Waals surface area contributed by atoms with Crippen molar-refractivity contribution < 1.29 is 9.53 Å². The summed E-state index contributed by atoms with van der Waals surface area (Å²) in [6.07, 6.45) is 4.69. The van der Waals surface area contributed by atoms with Gasteiger partial charge in [-0.2, -0.15) is 0 Å². The number of hydrogen-bond donors (Lipinski definition) is 0. The summed E-state index contributed by atoms with van der Waals surface area (Å²) in [5.74, 6) is 1.40. The van der Waals surface area contributed by atoms with Gasteiger partial charge in [0.25, 0.3) is 0 Å². The lowest BCUT2D eigenvalue weighted by Gasteiger charge is -2.42. The van der Waals surface area contributed by atoms with E-state index in [4.69, 9.17) is 4.74 Å². The van der Waals surface area contributed by atoms with Crippen LogP contribution in [-0.2, 0) is 9.53 Å². The van der Waals surface area contributed by atoms with E-state index in [1.807, 2.05) is 4.90 Å².